The van der Waals surface area contributed by atoms with Crippen LogP contribution in [0.3, 0.4) is 0 Å². The number of anilines is 1. The van der Waals surface area contributed by atoms with Gasteiger partial charge >= 0.3 is 0 Å². The number of nitrogen functional groups attached to an aromatic ring is 1. The Kier molecular flexibility index (Phi) is 2.42. The Morgan fingerprint density at radius 1 is 1.50 bits per heavy atom. The molecule has 0 saturated carbocycles. The Morgan fingerprint density at radius 3 is 2.67 bits per heavy atom. The van der Waals surface area contributed by atoms with Crippen LogP contribution in [0.1, 0.15) is 5.56 Å². The Morgan fingerprint density at radius 2 is 2.25 bits per heavy atom. The summed E-state index contributed by atoms with van der Waals surface area (Å²) < 4.78 is 0. The fourth-order valence-electron chi connectivity index (χ4n) is 0.804. The topological polar surface area (TPSA) is 88.8 Å². The molecule has 0 saturated heterocycles. The summed E-state index contributed by atoms with van der Waals surface area (Å²) in [5.74, 6) is 0.458. The molecule has 4 nitrogen and oxygen atoms in total. The van der Waals surface area contributed by atoms with Crippen LogP contribution in [-0.2, 0) is 0 Å². The van der Waals surface area contributed by atoms with Crippen molar-refractivity contribution in [1.82, 2.24) is 4.98 Å². The largest absolute Gasteiger partial charge is 0.404 e. The summed E-state index contributed by atoms with van der Waals surface area (Å²) in [5, 5.41) is 7.02. The predicted molar refractivity (Wildman–Crippen MR) is 49.6 cm³/mol. The summed E-state index contributed by atoms with van der Waals surface area (Å²) in [4.78, 5) is 3.87. The molecule has 0 unspecified atom stereocenters. The van der Waals surface area contributed by atoms with Gasteiger partial charge in [0, 0.05) is 29.7 Å². The first kappa shape index (κ1) is 8.26. The minimum atomic E-state index is 0.458. The van der Waals surface area contributed by atoms with Crippen molar-refractivity contribution in [3.8, 4) is 0 Å². The molecular weight excluding hydrogens is 152 g/mol. The monoisotopic (exact) mass is 162 g/mol. The van der Waals surface area contributed by atoms with Crippen LogP contribution >= 0.6 is 0 Å². The zero-order valence-electron chi connectivity index (χ0n) is 6.49. The van der Waals surface area contributed by atoms with Gasteiger partial charge in [-0.15, -0.1) is 0 Å². The highest BCUT2D eigenvalue weighted by atomic mass is 14.8. The average molecular weight is 162 g/mol. The highest BCUT2D eigenvalue weighted by Crippen LogP contribution is 2.10. The lowest BCUT2D eigenvalue weighted by Gasteiger charge is -1.99. The molecule has 1 aromatic heterocycles. The third kappa shape index (κ3) is 1.60. The molecule has 0 amide bonds. The van der Waals surface area contributed by atoms with Gasteiger partial charge in [-0.05, 0) is 12.1 Å². The van der Waals surface area contributed by atoms with Gasteiger partial charge < -0.3 is 16.9 Å². The van der Waals surface area contributed by atoms with E-state index in [9.17, 15) is 0 Å². The zero-order chi connectivity index (χ0) is 8.97. The van der Waals surface area contributed by atoms with Crippen LogP contribution in [0.25, 0.3) is 5.57 Å². The van der Waals surface area contributed by atoms with Gasteiger partial charge in [-0.2, -0.15) is 0 Å². The quantitative estimate of drug-likeness (QED) is 0.557. The normalized spacial score (nSPS) is 11.2. The number of nitrogens with two attached hydrogens (primary N) is 2. The van der Waals surface area contributed by atoms with E-state index in [0.717, 1.165) is 5.56 Å². The molecular formula is C8H10N4. The van der Waals surface area contributed by atoms with E-state index in [2.05, 4.69) is 4.98 Å². The van der Waals surface area contributed by atoms with Crippen LogP contribution < -0.4 is 11.5 Å². The zero-order valence-corrected chi connectivity index (χ0v) is 6.49. The van der Waals surface area contributed by atoms with Gasteiger partial charge in [-0.1, -0.05) is 0 Å². The Hall–Kier alpha value is -1.84. The fourth-order valence-corrected chi connectivity index (χ4v) is 0.804. The molecule has 0 bridgehead atoms. The van der Waals surface area contributed by atoms with Crippen molar-refractivity contribution in [3.05, 3.63) is 30.1 Å². The van der Waals surface area contributed by atoms with Gasteiger partial charge in [0.25, 0.3) is 0 Å². The van der Waals surface area contributed by atoms with Crippen molar-refractivity contribution in [1.29, 1.82) is 5.41 Å². The molecule has 0 atom stereocenters. The maximum absolute atomic E-state index is 7.02. The van der Waals surface area contributed by atoms with Crippen LogP contribution in [0.2, 0.25) is 0 Å². The fraction of sp³-hybridized carbons (Fsp3) is 0. The average Bonchev–Trinajstić information content (AvgIpc) is 2.10. The molecule has 1 heterocycles. The van der Waals surface area contributed by atoms with Gasteiger partial charge in [-0.3, -0.25) is 0 Å². The number of hydrogen-bond acceptors (Lipinski definition) is 4. The lowest BCUT2D eigenvalue weighted by molar-refractivity contribution is 1.32. The maximum atomic E-state index is 7.02. The number of nitrogens with one attached hydrogen (secondary N) is 1. The van der Waals surface area contributed by atoms with Crippen molar-refractivity contribution < 1.29 is 0 Å². The lowest BCUT2D eigenvalue weighted by atomic mass is 10.1. The SMILES string of the molecule is N=CC(=CN)c1ccc(N)nc1. The van der Waals surface area contributed by atoms with Crippen LogP contribution in [0.15, 0.2) is 24.5 Å². The lowest BCUT2D eigenvalue weighted by Crippen LogP contribution is -1.94. The van der Waals surface area contributed by atoms with Crippen LogP contribution in [0.5, 0.6) is 0 Å². The molecule has 0 aliphatic carbocycles. The Labute approximate surface area is 70.4 Å². The summed E-state index contributed by atoms with van der Waals surface area (Å²) in [6.45, 7) is 0. The number of hydrogen-bond donors (Lipinski definition) is 3. The Balaban J connectivity index is 3.04. The van der Waals surface area contributed by atoms with Crippen molar-refractivity contribution in [3.63, 3.8) is 0 Å². The van der Waals surface area contributed by atoms with E-state index < -0.39 is 0 Å². The molecule has 4 heteroatoms. The second kappa shape index (κ2) is 3.52. The van der Waals surface area contributed by atoms with Crippen LogP contribution in [0, 0.1) is 5.41 Å². The second-order valence-corrected chi connectivity index (χ2v) is 2.24. The third-order valence-corrected chi connectivity index (χ3v) is 1.45. The molecule has 0 aliphatic heterocycles. The minimum absolute atomic E-state index is 0.458. The molecule has 12 heavy (non-hydrogen) atoms. The second-order valence-electron chi connectivity index (χ2n) is 2.24. The van der Waals surface area contributed by atoms with E-state index in [4.69, 9.17) is 16.9 Å². The summed E-state index contributed by atoms with van der Waals surface area (Å²) in [6, 6.07) is 3.44. The van der Waals surface area contributed by atoms with Crippen molar-refractivity contribution in [2.45, 2.75) is 0 Å². The van der Waals surface area contributed by atoms with Crippen molar-refractivity contribution in [2.24, 2.45) is 5.73 Å². The first-order chi connectivity index (χ1) is 5.77. The molecule has 1 rings (SSSR count). The first-order valence-electron chi connectivity index (χ1n) is 3.42. The predicted octanol–water partition coefficient (Wildman–Crippen LogP) is 0.613. The van der Waals surface area contributed by atoms with E-state index in [-0.39, 0.29) is 0 Å². The number of nitrogens with zero attached hydrogens (tertiary/aromatic N) is 1. The molecule has 0 aromatic carbocycles. The molecule has 62 valence electrons. The van der Waals surface area contributed by atoms with Crippen LogP contribution in [0.4, 0.5) is 5.82 Å². The smallest absolute Gasteiger partial charge is 0.123 e. The van der Waals surface area contributed by atoms with Crippen molar-refractivity contribution in [2.75, 3.05) is 5.73 Å². The summed E-state index contributed by atoms with van der Waals surface area (Å²) >= 11 is 0. The standard InChI is InChI=1S/C8H10N4/c9-3-7(4-10)6-1-2-8(11)12-5-6/h1-5,9H,10H2,(H2,11,12). The number of aromatic nitrogens is 1. The summed E-state index contributed by atoms with van der Waals surface area (Å²) in [5.41, 5.74) is 12.1. The van der Waals surface area contributed by atoms with E-state index in [1.54, 1.807) is 18.3 Å². The number of rotatable bonds is 2. The first-order valence-corrected chi connectivity index (χ1v) is 3.42. The molecule has 0 aliphatic rings. The van der Waals surface area contributed by atoms with E-state index in [1.807, 2.05) is 0 Å². The van der Waals surface area contributed by atoms with Gasteiger partial charge in [0.1, 0.15) is 5.82 Å². The summed E-state index contributed by atoms with van der Waals surface area (Å²) in [7, 11) is 0. The molecule has 1 aromatic rings. The van der Waals surface area contributed by atoms with Crippen LogP contribution in [-0.4, -0.2) is 11.2 Å². The summed E-state index contributed by atoms with van der Waals surface area (Å²) in [6.07, 6.45) is 4.12. The molecule has 0 fully saturated rings. The van der Waals surface area contributed by atoms with E-state index in [1.165, 1.54) is 12.4 Å². The maximum Gasteiger partial charge on any atom is 0.123 e. The third-order valence-electron chi connectivity index (χ3n) is 1.45. The van der Waals surface area contributed by atoms with Gasteiger partial charge in [-0.25, -0.2) is 4.98 Å². The molecule has 5 N–H and O–H groups in total. The Bertz CT molecular complexity index is 299. The highest BCUT2D eigenvalue weighted by molar-refractivity contribution is 6.07. The van der Waals surface area contributed by atoms with Gasteiger partial charge in [0.15, 0.2) is 0 Å². The number of pyridine rings is 1. The minimum Gasteiger partial charge on any atom is -0.404 e. The highest BCUT2D eigenvalue weighted by Gasteiger charge is 1.96. The van der Waals surface area contributed by atoms with Gasteiger partial charge in [0.05, 0.1) is 0 Å². The number of allylic oxidation sites excluding steroid dienone is 1. The van der Waals surface area contributed by atoms with Crippen molar-refractivity contribution >= 4 is 17.6 Å². The van der Waals surface area contributed by atoms with E-state index >= 15 is 0 Å². The van der Waals surface area contributed by atoms with E-state index in [0.29, 0.717) is 11.4 Å². The van der Waals surface area contributed by atoms with Gasteiger partial charge in [0.2, 0.25) is 0 Å². The molecule has 0 spiro atoms. The molecule has 0 radical (unpaired) electrons.